The molecule has 0 radical (unpaired) electrons. The van der Waals surface area contributed by atoms with E-state index in [1.54, 1.807) is 30.5 Å². The number of hydrogen-bond donors (Lipinski definition) is 1. The summed E-state index contributed by atoms with van der Waals surface area (Å²) in [7, 11) is 0. The third-order valence-electron chi connectivity index (χ3n) is 5.40. The Morgan fingerprint density at radius 3 is 2.83 bits per heavy atom. The molecule has 0 spiro atoms. The molecular weight excluding hydrogens is 366 g/mol. The van der Waals surface area contributed by atoms with Gasteiger partial charge >= 0.3 is 6.03 Å². The van der Waals surface area contributed by atoms with E-state index >= 15 is 0 Å². The highest BCUT2D eigenvalue weighted by Gasteiger charge is 2.31. The molecule has 29 heavy (non-hydrogen) atoms. The predicted octanol–water partition coefficient (Wildman–Crippen LogP) is 4.24. The van der Waals surface area contributed by atoms with Crippen LogP contribution in [0.2, 0.25) is 0 Å². The molecule has 2 amide bonds. The van der Waals surface area contributed by atoms with Crippen LogP contribution in [-0.4, -0.2) is 44.3 Å². The first-order valence-electron chi connectivity index (χ1n) is 9.93. The fraction of sp³-hybridized carbons (Fsp3) is 0.364. The van der Waals surface area contributed by atoms with E-state index in [-0.39, 0.29) is 23.8 Å². The summed E-state index contributed by atoms with van der Waals surface area (Å²) in [6.07, 6.45) is 4.48. The molecule has 1 saturated heterocycles. The van der Waals surface area contributed by atoms with Crippen molar-refractivity contribution in [2.45, 2.75) is 39.2 Å². The average molecular weight is 391 g/mol. The Labute approximate surface area is 169 Å². The number of carbonyl (C=O) groups is 2. The minimum Gasteiger partial charge on any atom is -0.324 e. The van der Waals surface area contributed by atoms with Gasteiger partial charge in [-0.2, -0.15) is 0 Å². The number of likely N-dealkylation sites (tertiary alicyclic amines) is 1. The fourth-order valence-corrected chi connectivity index (χ4v) is 3.96. The minimum absolute atomic E-state index is 0.0237. The number of hydrogen-bond acceptors (Lipinski definition) is 4. The normalized spacial score (nSPS) is 16.6. The first kappa shape index (κ1) is 19.1. The van der Waals surface area contributed by atoms with E-state index in [1.165, 1.54) is 6.92 Å². The van der Waals surface area contributed by atoms with Crippen molar-refractivity contribution in [1.29, 1.82) is 0 Å². The smallest absolute Gasteiger partial charge is 0.321 e. The molecule has 2 aromatic heterocycles. The number of nitrogens with one attached hydrogen (secondary N) is 1. The third kappa shape index (κ3) is 3.72. The molecule has 150 valence electrons. The largest absolute Gasteiger partial charge is 0.324 e. The molecule has 1 unspecified atom stereocenters. The van der Waals surface area contributed by atoms with Gasteiger partial charge in [-0.3, -0.25) is 9.78 Å². The molecule has 1 fully saturated rings. The number of benzene rings is 1. The van der Waals surface area contributed by atoms with Crippen LogP contribution in [0.1, 0.15) is 55.3 Å². The van der Waals surface area contributed by atoms with Crippen LogP contribution < -0.4 is 5.32 Å². The fourth-order valence-electron chi connectivity index (χ4n) is 3.96. The summed E-state index contributed by atoms with van der Waals surface area (Å²) in [4.78, 5) is 35.2. The minimum atomic E-state index is -0.151. The van der Waals surface area contributed by atoms with E-state index in [9.17, 15) is 9.59 Å². The van der Waals surface area contributed by atoms with Crippen LogP contribution in [0.15, 0.2) is 42.7 Å². The highest BCUT2D eigenvalue weighted by atomic mass is 16.2. The van der Waals surface area contributed by atoms with Crippen LogP contribution in [0.5, 0.6) is 0 Å². The second-order valence-corrected chi connectivity index (χ2v) is 7.80. The molecule has 0 aliphatic carbocycles. The summed E-state index contributed by atoms with van der Waals surface area (Å²) >= 11 is 0. The SMILES string of the molecule is CC(=O)c1cccc(NC(=O)N2CCC(c3nc4ccncc4n3C(C)C)C2)c1. The Kier molecular flexibility index (Phi) is 5.05. The molecule has 1 N–H and O–H groups in total. The number of carbonyl (C=O) groups excluding carboxylic acids is 2. The number of pyridine rings is 1. The van der Waals surface area contributed by atoms with Crippen LogP contribution in [0.3, 0.4) is 0 Å². The van der Waals surface area contributed by atoms with E-state index in [0.717, 1.165) is 23.3 Å². The highest BCUT2D eigenvalue weighted by Crippen LogP contribution is 2.31. The van der Waals surface area contributed by atoms with Gasteiger partial charge in [0.15, 0.2) is 5.78 Å². The molecule has 1 aromatic carbocycles. The van der Waals surface area contributed by atoms with Crippen LogP contribution >= 0.6 is 0 Å². The molecule has 0 saturated carbocycles. The first-order valence-corrected chi connectivity index (χ1v) is 9.93. The van der Waals surface area contributed by atoms with Gasteiger partial charge in [0.1, 0.15) is 5.82 Å². The lowest BCUT2D eigenvalue weighted by Gasteiger charge is -2.19. The molecule has 1 aliphatic rings. The Morgan fingerprint density at radius 1 is 1.24 bits per heavy atom. The van der Waals surface area contributed by atoms with E-state index in [0.29, 0.717) is 24.3 Å². The summed E-state index contributed by atoms with van der Waals surface area (Å²) in [6.45, 7) is 7.07. The number of rotatable bonds is 4. The summed E-state index contributed by atoms with van der Waals surface area (Å²) in [5, 5.41) is 2.91. The lowest BCUT2D eigenvalue weighted by atomic mass is 10.1. The van der Waals surface area contributed by atoms with Crippen molar-refractivity contribution in [3.05, 3.63) is 54.1 Å². The van der Waals surface area contributed by atoms with Crippen LogP contribution in [-0.2, 0) is 0 Å². The standard InChI is InChI=1S/C22H25N5O2/c1-14(2)27-20-12-23-9-7-19(20)25-21(27)17-8-10-26(13-17)22(29)24-18-6-4-5-16(11-18)15(3)28/h4-7,9,11-12,14,17H,8,10,13H2,1-3H3,(H,24,29). The molecule has 1 aliphatic heterocycles. The topological polar surface area (TPSA) is 80.1 Å². The number of urea groups is 1. The van der Waals surface area contributed by atoms with Gasteiger partial charge in [0, 0.05) is 42.5 Å². The summed E-state index contributed by atoms with van der Waals surface area (Å²) in [6, 6.07) is 9.06. The number of Topliss-reactive ketones (excluding diaryl/α,β-unsaturated/α-hetero) is 1. The van der Waals surface area contributed by atoms with E-state index in [4.69, 9.17) is 4.98 Å². The van der Waals surface area contributed by atoms with Crippen LogP contribution in [0.25, 0.3) is 11.0 Å². The first-order chi connectivity index (χ1) is 13.9. The Morgan fingerprint density at radius 2 is 2.07 bits per heavy atom. The molecule has 0 bridgehead atoms. The second-order valence-electron chi connectivity index (χ2n) is 7.80. The number of ketones is 1. The van der Waals surface area contributed by atoms with Gasteiger partial charge in [-0.1, -0.05) is 12.1 Å². The molecule has 7 heteroatoms. The summed E-state index contributed by atoms with van der Waals surface area (Å²) in [5.41, 5.74) is 3.18. The molecule has 3 heterocycles. The Bertz CT molecular complexity index is 1070. The van der Waals surface area contributed by atoms with Gasteiger partial charge in [0.2, 0.25) is 0 Å². The van der Waals surface area contributed by atoms with E-state index in [1.807, 2.05) is 17.2 Å². The van der Waals surface area contributed by atoms with Gasteiger partial charge < -0.3 is 14.8 Å². The Hall–Kier alpha value is -3.22. The van der Waals surface area contributed by atoms with Crippen molar-refractivity contribution in [3.8, 4) is 0 Å². The molecular formula is C22H25N5O2. The molecule has 4 rings (SSSR count). The Balaban J connectivity index is 1.51. The molecule has 3 aromatic rings. The molecule has 1 atom stereocenters. The van der Waals surface area contributed by atoms with Gasteiger partial charge in [-0.05, 0) is 45.4 Å². The van der Waals surface area contributed by atoms with Crippen molar-refractivity contribution in [2.75, 3.05) is 18.4 Å². The van der Waals surface area contributed by atoms with E-state index < -0.39 is 0 Å². The number of nitrogens with zero attached hydrogens (tertiary/aromatic N) is 4. The highest BCUT2D eigenvalue weighted by molar-refractivity contribution is 5.96. The second kappa shape index (κ2) is 7.66. The monoisotopic (exact) mass is 391 g/mol. The molecule has 7 nitrogen and oxygen atoms in total. The van der Waals surface area contributed by atoms with Crippen molar-refractivity contribution < 1.29 is 9.59 Å². The van der Waals surface area contributed by atoms with Crippen molar-refractivity contribution in [3.63, 3.8) is 0 Å². The van der Waals surface area contributed by atoms with Gasteiger partial charge in [0.05, 0.1) is 17.2 Å². The maximum Gasteiger partial charge on any atom is 0.321 e. The summed E-state index contributed by atoms with van der Waals surface area (Å²) in [5.74, 6) is 1.17. The van der Waals surface area contributed by atoms with Gasteiger partial charge in [0.25, 0.3) is 0 Å². The number of imidazole rings is 1. The third-order valence-corrected chi connectivity index (χ3v) is 5.40. The van der Waals surface area contributed by atoms with Gasteiger partial charge in [-0.15, -0.1) is 0 Å². The van der Waals surface area contributed by atoms with Crippen molar-refractivity contribution in [1.82, 2.24) is 19.4 Å². The number of fused-ring (bicyclic) bond motifs is 1. The van der Waals surface area contributed by atoms with Crippen LogP contribution in [0.4, 0.5) is 10.5 Å². The van der Waals surface area contributed by atoms with Crippen molar-refractivity contribution in [2.24, 2.45) is 0 Å². The maximum atomic E-state index is 12.8. The van der Waals surface area contributed by atoms with Gasteiger partial charge in [-0.25, -0.2) is 9.78 Å². The zero-order chi connectivity index (χ0) is 20.5. The number of anilines is 1. The predicted molar refractivity (Wildman–Crippen MR) is 112 cm³/mol. The number of amides is 2. The summed E-state index contributed by atoms with van der Waals surface area (Å²) < 4.78 is 2.23. The zero-order valence-electron chi connectivity index (χ0n) is 16.9. The average Bonchev–Trinajstić information content (AvgIpc) is 3.33. The van der Waals surface area contributed by atoms with Crippen molar-refractivity contribution >= 4 is 28.5 Å². The lowest BCUT2D eigenvalue weighted by molar-refractivity contribution is 0.101. The zero-order valence-corrected chi connectivity index (χ0v) is 16.9. The maximum absolute atomic E-state index is 12.8. The number of aromatic nitrogens is 3. The van der Waals surface area contributed by atoms with E-state index in [2.05, 4.69) is 28.7 Å². The van der Waals surface area contributed by atoms with Crippen LogP contribution in [0, 0.1) is 0 Å². The quantitative estimate of drug-likeness (QED) is 0.675. The lowest BCUT2D eigenvalue weighted by Crippen LogP contribution is -2.33.